The number of carboxylic acids is 1. The molecule has 2 atom stereocenters. The lowest BCUT2D eigenvalue weighted by Crippen LogP contribution is -2.50. The first-order valence-electron chi connectivity index (χ1n) is 12.2. The van der Waals surface area contributed by atoms with E-state index in [1.807, 2.05) is 30.3 Å². The highest BCUT2D eigenvalue weighted by molar-refractivity contribution is 6.33. The van der Waals surface area contributed by atoms with Crippen molar-refractivity contribution in [1.29, 1.82) is 5.41 Å². The second kappa shape index (κ2) is 11.3. The van der Waals surface area contributed by atoms with E-state index in [-0.39, 0.29) is 56.2 Å². The molecule has 0 bridgehead atoms. The number of ketones is 1. The summed E-state index contributed by atoms with van der Waals surface area (Å²) in [6, 6.07) is 15.2. The van der Waals surface area contributed by atoms with Gasteiger partial charge < -0.3 is 25.4 Å². The van der Waals surface area contributed by atoms with Crippen molar-refractivity contribution in [3.63, 3.8) is 0 Å². The quantitative estimate of drug-likeness (QED) is 0.279. The molecule has 37 heavy (non-hydrogen) atoms. The predicted molar refractivity (Wildman–Crippen MR) is 134 cm³/mol. The number of amides is 2. The lowest BCUT2D eigenvalue weighted by molar-refractivity contribution is -0.152. The Morgan fingerprint density at radius 3 is 2.19 bits per heavy atom. The van der Waals surface area contributed by atoms with Crippen molar-refractivity contribution in [3.8, 4) is 0 Å². The lowest BCUT2D eigenvalue weighted by atomic mass is 9.92. The van der Waals surface area contributed by atoms with Crippen molar-refractivity contribution in [2.24, 2.45) is 11.7 Å². The molecule has 4 N–H and O–H groups in total. The summed E-state index contributed by atoms with van der Waals surface area (Å²) in [5.41, 5.74) is 7.37. The van der Waals surface area contributed by atoms with Crippen molar-refractivity contribution in [1.82, 2.24) is 9.80 Å². The molecule has 0 radical (unpaired) electrons. The Kier molecular flexibility index (Phi) is 7.98. The normalized spacial score (nSPS) is 20.0. The molecule has 0 aliphatic carbocycles. The van der Waals surface area contributed by atoms with Crippen molar-refractivity contribution in [2.45, 2.75) is 38.0 Å². The molecule has 2 aliphatic rings. The van der Waals surface area contributed by atoms with Gasteiger partial charge in [-0.1, -0.05) is 42.5 Å². The molecule has 2 aliphatic heterocycles. The average Bonchev–Trinajstić information content (AvgIpc) is 3.35. The third-order valence-electron chi connectivity index (χ3n) is 6.97. The molecule has 0 spiro atoms. The number of piperidine rings is 1. The molecule has 2 fully saturated rings. The number of carbonyl (C=O) groups is 4. The lowest BCUT2D eigenvalue weighted by Gasteiger charge is -2.34. The number of nitrogens with one attached hydrogen (secondary N) is 1. The van der Waals surface area contributed by atoms with E-state index < -0.39 is 23.7 Å². The van der Waals surface area contributed by atoms with Crippen LogP contribution in [0.15, 0.2) is 54.6 Å². The number of hydrogen-bond acceptors (Lipinski definition) is 6. The van der Waals surface area contributed by atoms with Crippen LogP contribution < -0.4 is 5.73 Å². The second-order valence-electron chi connectivity index (χ2n) is 9.39. The van der Waals surface area contributed by atoms with Crippen LogP contribution in [-0.2, 0) is 25.7 Å². The van der Waals surface area contributed by atoms with Crippen molar-refractivity contribution < 1.29 is 29.0 Å². The molecule has 0 saturated carbocycles. The van der Waals surface area contributed by atoms with Gasteiger partial charge >= 0.3 is 5.97 Å². The van der Waals surface area contributed by atoms with Crippen LogP contribution in [0.5, 0.6) is 0 Å². The van der Waals surface area contributed by atoms with E-state index in [0.29, 0.717) is 24.2 Å². The van der Waals surface area contributed by atoms with Gasteiger partial charge in [0.15, 0.2) is 0 Å². The third kappa shape index (κ3) is 6.03. The molecule has 2 aromatic carbocycles. The molecule has 1 unspecified atom stereocenters. The fourth-order valence-electron chi connectivity index (χ4n) is 4.87. The topological polar surface area (TPSA) is 154 Å². The van der Waals surface area contributed by atoms with E-state index in [1.165, 1.54) is 4.90 Å². The zero-order valence-electron chi connectivity index (χ0n) is 20.3. The third-order valence-corrected chi connectivity index (χ3v) is 6.97. The first-order chi connectivity index (χ1) is 17.7. The number of carbonyl (C=O) groups excluding carboxylic acids is 3. The summed E-state index contributed by atoms with van der Waals surface area (Å²) in [4.78, 5) is 53.0. The Balaban J connectivity index is 1.48. The Labute approximate surface area is 214 Å². The molecule has 194 valence electrons. The molecular formula is C27H30N4O6. The van der Waals surface area contributed by atoms with Gasteiger partial charge in [-0.3, -0.25) is 19.8 Å². The minimum Gasteiger partial charge on any atom is -0.475 e. The molecule has 2 aromatic rings. The number of benzene rings is 2. The number of aliphatic carboxylic acids is 1. The fourth-order valence-corrected chi connectivity index (χ4v) is 4.87. The molecular weight excluding hydrogens is 476 g/mol. The second-order valence-corrected chi connectivity index (χ2v) is 9.39. The van der Waals surface area contributed by atoms with Crippen LogP contribution in [0.3, 0.4) is 0 Å². The highest BCUT2D eigenvalue weighted by atomic mass is 16.5. The highest BCUT2D eigenvalue weighted by Gasteiger charge is 2.43. The number of likely N-dealkylation sites (tertiary alicyclic amines) is 2. The predicted octanol–water partition coefficient (Wildman–Crippen LogP) is 1.66. The van der Waals surface area contributed by atoms with Crippen LogP contribution in [0.2, 0.25) is 0 Å². The van der Waals surface area contributed by atoms with Gasteiger partial charge in [0.1, 0.15) is 11.9 Å². The summed E-state index contributed by atoms with van der Waals surface area (Å²) >= 11 is 0. The maximum atomic E-state index is 13.6. The van der Waals surface area contributed by atoms with Crippen molar-refractivity contribution in [2.75, 3.05) is 19.6 Å². The van der Waals surface area contributed by atoms with Gasteiger partial charge in [0, 0.05) is 43.1 Å². The van der Waals surface area contributed by atoms with Gasteiger partial charge in [0.25, 0.3) is 5.91 Å². The molecule has 2 saturated heterocycles. The van der Waals surface area contributed by atoms with Gasteiger partial charge in [-0.15, -0.1) is 0 Å². The summed E-state index contributed by atoms with van der Waals surface area (Å²) in [6.45, 7) is 1.10. The smallest absolute Gasteiger partial charge is 0.372 e. The standard InChI is InChI=1S/C27H30N4O6/c28-24(29)19-6-8-20(9-7-19)25(33)31-15-21(37-16-17-4-2-1-3-5-17)14-22(31)26(34)30-12-10-18(11-13-30)23(32)27(35)36/h1-9,18,21-22H,10-16H2,(H3,28,29)(H,35,36)/t21?,22-/m0/s1. The SMILES string of the molecule is N=C(N)c1ccc(C(=O)N2CC(OCc3ccccc3)C[C@H]2C(=O)N2CCC(C(=O)C(=O)O)CC2)cc1. The first-order valence-corrected chi connectivity index (χ1v) is 12.2. The maximum absolute atomic E-state index is 13.6. The first kappa shape index (κ1) is 26.0. The minimum absolute atomic E-state index is 0.104. The maximum Gasteiger partial charge on any atom is 0.372 e. The van der Waals surface area contributed by atoms with Gasteiger partial charge in [-0.2, -0.15) is 0 Å². The summed E-state index contributed by atoms with van der Waals surface area (Å²) in [5.74, 6) is -3.55. The van der Waals surface area contributed by atoms with Crippen LogP contribution in [0.25, 0.3) is 0 Å². The zero-order chi connectivity index (χ0) is 26.5. The number of nitrogens with zero attached hydrogens (tertiary/aromatic N) is 2. The van der Waals surface area contributed by atoms with Crippen LogP contribution in [0, 0.1) is 11.3 Å². The van der Waals surface area contributed by atoms with Crippen LogP contribution in [0.1, 0.15) is 40.7 Å². The number of ether oxygens (including phenoxy) is 1. The van der Waals surface area contributed by atoms with Crippen LogP contribution in [0.4, 0.5) is 0 Å². The number of nitrogens with two attached hydrogens (primary N) is 1. The Hall–Kier alpha value is -4.05. The van der Waals surface area contributed by atoms with E-state index in [4.69, 9.17) is 21.0 Å². The largest absolute Gasteiger partial charge is 0.475 e. The van der Waals surface area contributed by atoms with E-state index >= 15 is 0 Å². The van der Waals surface area contributed by atoms with Gasteiger partial charge in [0.2, 0.25) is 11.7 Å². The summed E-state index contributed by atoms with van der Waals surface area (Å²) < 4.78 is 6.08. The Morgan fingerprint density at radius 1 is 0.973 bits per heavy atom. The van der Waals surface area contributed by atoms with Gasteiger partial charge in [-0.25, -0.2) is 4.79 Å². The summed E-state index contributed by atoms with van der Waals surface area (Å²) in [5, 5.41) is 16.5. The van der Waals surface area contributed by atoms with E-state index in [1.54, 1.807) is 29.2 Å². The number of carboxylic acid groups (broad SMARTS) is 1. The molecule has 4 rings (SSSR count). The van der Waals surface area contributed by atoms with Crippen LogP contribution >= 0.6 is 0 Å². The Bertz CT molecular complexity index is 1180. The number of amidine groups is 1. The minimum atomic E-state index is -1.45. The Morgan fingerprint density at radius 2 is 1.59 bits per heavy atom. The van der Waals surface area contributed by atoms with Gasteiger partial charge in [0.05, 0.1) is 12.7 Å². The summed E-state index contributed by atoms with van der Waals surface area (Å²) in [6.07, 6.45) is 0.535. The molecule has 2 heterocycles. The van der Waals surface area contributed by atoms with Gasteiger partial charge in [-0.05, 0) is 30.5 Å². The van der Waals surface area contributed by atoms with E-state index in [0.717, 1.165) is 5.56 Å². The molecule has 0 aromatic heterocycles. The number of Topliss-reactive ketones (excluding diaryl/α,β-unsaturated/α-hetero) is 1. The zero-order valence-corrected chi connectivity index (χ0v) is 20.3. The molecule has 10 heteroatoms. The highest BCUT2D eigenvalue weighted by Crippen LogP contribution is 2.28. The molecule has 2 amide bonds. The fraction of sp³-hybridized carbons (Fsp3) is 0.370. The molecule has 10 nitrogen and oxygen atoms in total. The van der Waals surface area contributed by atoms with Crippen LogP contribution in [-0.4, -0.2) is 76.1 Å². The number of nitrogen functional groups attached to an aromatic ring is 1. The average molecular weight is 507 g/mol. The van der Waals surface area contributed by atoms with Crippen molar-refractivity contribution >= 4 is 29.4 Å². The summed E-state index contributed by atoms with van der Waals surface area (Å²) in [7, 11) is 0. The van der Waals surface area contributed by atoms with E-state index in [9.17, 15) is 19.2 Å². The van der Waals surface area contributed by atoms with Crippen molar-refractivity contribution in [3.05, 3.63) is 71.3 Å². The monoisotopic (exact) mass is 506 g/mol. The number of rotatable bonds is 8. The number of hydrogen-bond donors (Lipinski definition) is 3. The van der Waals surface area contributed by atoms with E-state index in [2.05, 4.69) is 0 Å².